The molecule has 20 heavy (non-hydrogen) atoms. The summed E-state index contributed by atoms with van der Waals surface area (Å²) in [5.41, 5.74) is 2.31. The molecular weight excluding hydrogens is 275 g/mol. The molecule has 0 amide bonds. The quantitative estimate of drug-likeness (QED) is 0.588. The summed E-state index contributed by atoms with van der Waals surface area (Å²) < 4.78 is 42.7. The Hall–Kier alpha value is -1.61. The molecule has 0 fully saturated rings. The number of hydrazine groups is 1. The van der Waals surface area contributed by atoms with Gasteiger partial charge in [-0.15, -0.1) is 0 Å². The van der Waals surface area contributed by atoms with Crippen LogP contribution >= 0.6 is 0 Å². The highest BCUT2D eigenvalue weighted by molar-refractivity contribution is 5.49. The van der Waals surface area contributed by atoms with E-state index in [1.807, 2.05) is 0 Å². The van der Waals surface area contributed by atoms with Gasteiger partial charge in [-0.25, -0.2) is 15.8 Å². The molecular formula is C11H18F3N5O. The summed E-state index contributed by atoms with van der Waals surface area (Å²) in [4.78, 5) is 9.19. The minimum atomic E-state index is -4.31. The Balaban J connectivity index is 3.01. The molecule has 1 rings (SSSR count). The van der Waals surface area contributed by atoms with E-state index in [1.54, 1.807) is 13.8 Å². The summed E-state index contributed by atoms with van der Waals surface area (Å²) >= 11 is 0. The molecule has 0 radical (unpaired) electrons. The molecule has 6 nitrogen and oxygen atoms in total. The van der Waals surface area contributed by atoms with Crippen LogP contribution in [0.4, 0.5) is 24.8 Å². The molecule has 0 saturated heterocycles. The zero-order chi connectivity index (χ0) is 15.2. The van der Waals surface area contributed by atoms with Crippen molar-refractivity contribution in [2.45, 2.75) is 26.6 Å². The minimum absolute atomic E-state index is 0.114. The molecule has 1 aromatic heterocycles. The lowest BCUT2D eigenvalue weighted by Crippen LogP contribution is -2.35. The fraction of sp³-hybridized carbons (Fsp3) is 0.636. The Morgan fingerprint density at radius 2 is 2.05 bits per heavy atom. The molecule has 0 aliphatic rings. The lowest BCUT2D eigenvalue weighted by Gasteiger charge is -2.24. The highest BCUT2D eigenvalue weighted by Crippen LogP contribution is 2.22. The molecule has 1 aromatic rings. The molecule has 114 valence electrons. The van der Waals surface area contributed by atoms with Gasteiger partial charge in [0, 0.05) is 19.2 Å². The molecule has 0 spiro atoms. The Labute approximate surface area is 115 Å². The van der Waals surface area contributed by atoms with Crippen molar-refractivity contribution < 1.29 is 17.9 Å². The third-order valence-electron chi connectivity index (χ3n) is 2.42. The zero-order valence-corrected chi connectivity index (χ0v) is 11.4. The van der Waals surface area contributed by atoms with Crippen LogP contribution in [0.2, 0.25) is 0 Å². The molecule has 0 aliphatic heterocycles. The van der Waals surface area contributed by atoms with Crippen molar-refractivity contribution in [1.29, 1.82) is 0 Å². The van der Waals surface area contributed by atoms with Crippen molar-refractivity contribution in [3.05, 3.63) is 11.9 Å². The van der Waals surface area contributed by atoms with E-state index in [9.17, 15) is 13.2 Å². The smallest absolute Gasteiger partial charge is 0.374 e. The van der Waals surface area contributed by atoms with E-state index in [2.05, 4.69) is 15.4 Å². The van der Waals surface area contributed by atoms with Crippen LogP contribution in [0.5, 0.6) is 0 Å². The van der Waals surface area contributed by atoms with Crippen molar-refractivity contribution in [1.82, 2.24) is 9.97 Å². The molecule has 3 N–H and O–H groups in total. The standard InChI is InChI=1S/C11H18F3N5O/c1-3-19(7-11(12,13)14)10-5-8(18-15)16-9(17-10)6-20-4-2/h5H,3-4,6-7,15H2,1-2H3,(H,16,17,18). The van der Waals surface area contributed by atoms with Gasteiger partial charge in [0.05, 0.1) is 0 Å². The van der Waals surface area contributed by atoms with Gasteiger partial charge in [-0.3, -0.25) is 0 Å². The van der Waals surface area contributed by atoms with Gasteiger partial charge >= 0.3 is 6.18 Å². The first kappa shape index (κ1) is 16.4. The summed E-state index contributed by atoms with van der Waals surface area (Å²) in [7, 11) is 0. The second kappa shape index (κ2) is 7.25. The summed E-state index contributed by atoms with van der Waals surface area (Å²) in [6.45, 7) is 3.06. The van der Waals surface area contributed by atoms with Crippen molar-refractivity contribution in [2.75, 3.05) is 30.0 Å². The molecule has 0 saturated carbocycles. The predicted molar refractivity (Wildman–Crippen MR) is 69.1 cm³/mol. The number of ether oxygens (including phenoxy) is 1. The van der Waals surface area contributed by atoms with E-state index in [-0.39, 0.29) is 30.6 Å². The maximum atomic E-state index is 12.5. The van der Waals surface area contributed by atoms with Gasteiger partial charge in [-0.2, -0.15) is 13.2 Å². The van der Waals surface area contributed by atoms with Crippen LogP contribution in [-0.2, 0) is 11.3 Å². The molecule has 1 heterocycles. The molecule has 0 unspecified atom stereocenters. The average Bonchev–Trinajstić information content (AvgIpc) is 2.41. The van der Waals surface area contributed by atoms with E-state index in [0.29, 0.717) is 6.61 Å². The lowest BCUT2D eigenvalue weighted by atomic mass is 10.4. The molecule has 0 aliphatic carbocycles. The van der Waals surface area contributed by atoms with Crippen LogP contribution in [0.25, 0.3) is 0 Å². The third-order valence-corrected chi connectivity index (χ3v) is 2.42. The molecule has 0 bridgehead atoms. The van der Waals surface area contributed by atoms with E-state index in [1.165, 1.54) is 6.07 Å². The SMILES string of the molecule is CCOCc1nc(NN)cc(N(CC)CC(F)(F)F)n1. The Bertz CT molecular complexity index is 427. The van der Waals surface area contributed by atoms with E-state index in [0.717, 1.165) is 4.90 Å². The normalized spacial score (nSPS) is 11.5. The van der Waals surface area contributed by atoms with Crippen LogP contribution in [0, 0.1) is 0 Å². The predicted octanol–water partition coefficient (Wildman–Crippen LogP) is 1.69. The molecule has 0 atom stereocenters. The van der Waals surface area contributed by atoms with Gasteiger partial charge in [0.2, 0.25) is 0 Å². The number of nitrogens with one attached hydrogen (secondary N) is 1. The monoisotopic (exact) mass is 293 g/mol. The van der Waals surface area contributed by atoms with E-state index < -0.39 is 12.7 Å². The van der Waals surface area contributed by atoms with Crippen LogP contribution in [0.15, 0.2) is 6.07 Å². The highest BCUT2D eigenvalue weighted by atomic mass is 19.4. The second-order valence-electron chi connectivity index (χ2n) is 3.94. The summed E-state index contributed by atoms with van der Waals surface area (Å²) in [5.74, 6) is 5.94. The van der Waals surface area contributed by atoms with Gasteiger partial charge in [0.1, 0.15) is 24.8 Å². The first-order valence-corrected chi connectivity index (χ1v) is 6.13. The highest BCUT2D eigenvalue weighted by Gasteiger charge is 2.31. The number of hydrogen-bond donors (Lipinski definition) is 2. The maximum absolute atomic E-state index is 12.5. The van der Waals surface area contributed by atoms with Crippen molar-refractivity contribution in [3.8, 4) is 0 Å². The van der Waals surface area contributed by atoms with Crippen LogP contribution in [-0.4, -0.2) is 35.8 Å². The van der Waals surface area contributed by atoms with Gasteiger partial charge in [0.25, 0.3) is 0 Å². The van der Waals surface area contributed by atoms with Gasteiger partial charge in [-0.1, -0.05) is 0 Å². The maximum Gasteiger partial charge on any atom is 0.405 e. The van der Waals surface area contributed by atoms with Gasteiger partial charge in [-0.05, 0) is 13.8 Å². The Morgan fingerprint density at radius 1 is 1.35 bits per heavy atom. The van der Waals surface area contributed by atoms with Crippen LogP contribution in [0.1, 0.15) is 19.7 Å². The second-order valence-corrected chi connectivity index (χ2v) is 3.94. The average molecular weight is 293 g/mol. The van der Waals surface area contributed by atoms with Gasteiger partial charge < -0.3 is 15.1 Å². The minimum Gasteiger partial charge on any atom is -0.374 e. The fourth-order valence-electron chi connectivity index (χ4n) is 1.55. The van der Waals surface area contributed by atoms with E-state index >= 15 is 0 Å². The Kier molecular flexibility index (Phi) is 5.96. The van der Waals surface area contributed by atoms with E-state index in [4.69, 9.17) is 10.6 Å². The number of nitrogens with zero attached hydrogens (tertiary/aromatic N) is 3. The number of rotatable bonds is 7. The zero-order valence-electron chi connectivity index (χ0n) is 11.4. The first-order valence-electron chi connectivity index (χ1n) is 6.13. The van der Waals surface area contributed by atoms with Crippen LogP contribution < -0.4 is 16.2 Å². The summed E-state index contributed by atoms with van der Waals surface area (Å²) in [6, 6.07) is 1.37. The number of anilines is 2. The largest absolute Gasteiger partial charge is 0.405 e. The number of nitrogen functional groups attached to an aromatic ring is 1. The summed E-state index contributed by atoms with van der Waals surface area (Å²) in [5, 5.41) is 0. The van der Waals surface area contributed by atoms with Gasteiger partial charge in [0.15, 0.2) is 5.82 Å². The topological polar surface area (TPSA) is 76.3 Å². The van der Waals surface area contributed by atoms with Crippen molar-refractivity contribution in [3.63, 3.8) is 0 Å². The van der Waals surface area contributed by atoms with Crippen molar-refractivity contribution in [2.24, 2.45) is 5.84 Å². The number of halogens is 3. The van der Waals surface area contributed by atoms with Crippen LogP contribution in [0.3, 0.4) is 0 Å². The number of aromatic nitrogens is 2. The van der Waals surface area contributed by atoms with Crippen molar-refractivity contribution >= 4 is 11.6 Å². The lowest BCUT2D eigenvalue weighted by molar-refractivity contribution is -0.119. The third kappa shape index (κ3) is 5.17. The molecule has 0 aromatic carbocycles. The number of nitrogens with two attached hydrogens (primary N) is 1. The summed E-state index contributed by atoms with van der Waals surface area (Å²) in [6.07, 6.45) is -4.31. The fourth-order valence-corrected chi connectivity index (χ4v) is 1.55. The number of alkyl halides is 3. The number of hydrogen-bond acceptors (Lipinski definition) is 6. The first-order chi connectivity index (χ1) is 9.39. The molecule has 9 heteroatoms. The Morgan fingerprint density at radius 3 is 2.55 bits per heavy atom.